The van der Waals surface area contributed by atoms with E-state index in [1.165, 1.54) is 12.1 Å². The van der Waals surface area contributed by atoms with Crippen LogP contribution in [0.4, 0.5) is 0 Å². The quantitative estimate of drug-likeness (QED) is 0.646. The summed E-state index contributed by atoms with van der Waals surface area (Å²) in [6.45, 7) is 1.56. The van der Waals surface area contributed by atoms with Crippen LogP contribution in [-0.4, -0.2) is 22.8 Å². The Labute approximate surface area is 132 Å². The Hall–Kier alpha value is -3.21. The van der Waals surface area contributed by atoms with Crippen molar-refractivity contribution in [2.45, 2.75) is 6.92 Å². The molecule has 114 valence electrons. The monoisotopic (exact) mass is 307 g/mol. The number of hydrogen-bond acceptors (Lipinski definition) is 4. The van der Waals surface area contributed by atoms with Crippen LogP contribution in [0, 0.1) is 0 Å². The normalized spacial score (nSPS) is 14.0. The van der Waals surface area contributed by atoms with E-state index in [1.54, 1.807) is 25.1 Å². The molecule has 1 heterocycles. The zero-order chi connectivity index (χ0) is 16.4. The fourth-order valence-electron chi connectivity index (χ4n) is 2.26. The molecule has 0 saturated carbocycles. The van der Waals surface area contributed by atoms with Gasteiger partial charge in [0.25, 0.3) is 11.8 Å². The summed E-state index contributed by atoms with van der Waals surface area (Å²) in [5.41, 5.74) is 1.57. The average Bonchev–Trinajstić information content (AvgIpc) is 2.81. The largest absolute Gasteiger partial charge is 0.359 e. The van der Waals surface area contributed by atoms with E-state index in [0.29, 0.717) is 5.06 Å². The molecule has 2 amide bonds. The van der Waals surface area contributed by atoms with Crippen molar-refractivity contribution in [3.05, 3.63) is 76.9 Å². The van der Waals surface area contributed by atoms with E-state index in [2.05, 4.69) is 0 Å². The Morgan fingerprint density at radius 1 is 0.913 bits per heavy atom. The van der Waals surface area contributed by atoms with Crippen molar-refractivity contribution in [1.82, 2.24) is 5.06 Å². The molecule has 1 aliphatic heterocycles. The molecule has 0 aliphatic carbocycles. The van der Waals surface area contributed by atoms with Gasteiger partial charge in [0.15, 0.2) is 0 Å². The maximum Gasteiger partial charge on any atom is 0.359 e. The van der Waals surface area contributed by atoms with Crippen LogP contribution in [0.5, 0.6) is 0 Å². The number of hydroxylamine groups is 2. The summed E-state index contributed by atoms with van der Waals surface area (Å²) in [5, 5.41) is 0.509. The lowest BCUT2D eigenvalue weighted by atomic mass is 10.1. The Morgan fingerprint density at radius 3 is 2.00 bits per heavy atom. The maximum atomic E-state index is 12.1. The number of benzene rings is 2. The molecule has 0 unspecified atom stereocenters. The molecule has 0 radical (unpaired) electrons. The van der Waals surface area contributed by atoms with E-state index in [0.717, 1.165) is 5.56 Å². The van der Waals surface area contributed by atoms with Gasteiger partial charge < -0.3 is 4.84 Å². The zero-order valence-electron chi connectivity index (χ0n) is 12.4. The van der Waals surface area contributed by atoms with Gasteiger partial charge in [0, 0.05) is 5.57 Å². The van der Waals surface area contributed by atoms with Gasteiger partial charge in [0.2, 0.25) is 0 Å². The minimum atomic E-state index is -0.747. The minimum Gasteiger partial charge on any atom is -0.325 e. The summed E-state index contributed by atoms with van der Waals surface area (Å²) in [4.78, 5) is 41.4. The van der Waals surface area contributed by atoms with Crippen LogP contribution in [0.25, 0.3) is 6.08 Å². The first-order valence-corrected chi connectivity index (χ1v) is 7.01. The molecule has 1 aliphatic rings. The third kappa shape index (κ3) is 2.76. The van der Waals surface area contributed by atoms with Crippen LogP contribution in [0.2, 0.25) is 0 Å². The summed E-state index contributed by atoms with van der Waals surface area (Å²) in [7, 11) is 0. The van der Waals surface area contributed by atoms with Gasteiger partial charge in [-0.05, 0) is 30.7 Å². The molecule has 2 aromatic rings. The van der Waals surface area contributed by atoms with Crippen LogP contribution < -0.4 is 0 Å². The molecule has 0 bridgehead atoms. The standard InChI is InChI=1S/C18H13NO4/c1-12(11-13-7-3-2-4-8-13)18(22)23-19-16(20)14-9-5-6-10-15(14)17(19)21/h2-11H,1H3/b12-11+. The molecule has 23 heavy (non-hydrogen) atoms. The molecule has 0 spiro atoms. The van der Waals surface area contributed by atoms with E-state index < -0.39 is 17.8 Å². The first-order valence-electron chi connectivity index (χ1n) is 7.01. The molecule has 0 atom stereocenters. The Bertz CT molecular complexity index is 789. The van der Waals surface area contributed by atoms with Crippen molar-refractivity contribution in [2.24, 2.45) is 0 Å². The Morgan fingerprint density at radius 2 is 1.43 bits per heavy atom. The predicted octanol–water partition coefficient (Wildman–Crippen LogP) is 2.84. The third-order valence-corrected chi connectivity index (χ3v) is 3.44. The highest BCUT2D eigenvalue weighted by molar-refractivity contribution is 6.21. The number of fused-ring (bicyclic) bond motifs is 1. The van der Waals surface area contributed by atoms with Gasteiger partial charge in [-0.1, -0.05) is 47.5 Å². The third-order valence-electron chi connectivity index (χ3n) is 3.44. The van der Waals surface area contributed by atoms with E-state index in [4.69, 9.17) is 4.84 Å². The number of rotatable bonds is 3. The fourth-order valence-corrected chi connectivity index (χ4v) is 2.26. The van der Waals surface area contributed by atoms with Crippen molar-refractivity contribution >= 4 is 23.9 Å². The SMILES string of the molecule is C/C(=C\c1ccccc1)C(=O)ON1C(=O)c2ccccc2C1=O. The lowest BCUT2D eigenvalue weighted by Gasteiger charge is -2.12. The predicted molar refractivity (Wildman–Crippen MR) is 83.1 cm³/mol. The van der Waals surface area contributed by atoms with Crippen LogP contribution >= 0.6 is 0 Å². The molecule has 0 aromatic heterocycles. The van der Waals surface area contributed by atoms with Gasteiger partial charge in [0.1, 0.15) is 0 Å². The van der Waals surface area contributed by atoms with Crippen LogP contribution in [0.15, 0.2) is 60.2 Å². The number of amides is 2. The number of nitrogens with zero attached hydrogens (tertiary/aromatic N) is 1. The number of imide groups is 1. The molecule has 3 rings (SSSR count). The summed E-state index contributed by atoms with van der Waals surface area (Å²) in [6, 6.07) is 15.6. The Kier molecular flexibility index (Phi) is 3.76. The lowest BCUT2D eigenvalue weighted by Crippen LogP contribution is -2.32. The Balaban J connectivity index is 1.78. The minimum absolute atomic E-state index is 0.231. The van der Waals surface area contributed by atoms with Gasteiger partial charge >= 0.3 is 5.97 Å². The second-order valence-corrected chi connectivity index (χ2v) is 5.07. The highest BCUT2D eigenvalue weighted by atomic mass is 16.7. The van der Waals surface area contributed by atoms with Crippen molar-refractivity contribution in [3.8, 4) is 0 Å². The highest BCUT2D eigenvalue weighted by Gasteiger charge is 2.38. The van der Waals surface area contributed by atoms with Crippen molar-refractivity contribution in [1.29, 1.82) is 0 Å². The van der Waals surface area contributed by atoms with Crippen molar-refractivity contribution in [3.63, 3.8) is 0 Å². The van der Waals surface area contributed by atoms with Gasteiger partial charge in [-0.15, -0.1) is 0 Å². The zero-order valence-corrected chi connectivity index (χ0v) is 12.4. The fraction of sp³-hybridized carbons (Fsp3) is 0.0556. The van der Waals surface area contributed by atoms with Gasteiger partial charge in [-0.3, -0.25) is 9.59 Å². The van der Waals surface area contributed by atoms with E-state index in [-0.39, 0.29) is 16.7 Å². The summed E-state index contributed by atoms with van der Waals surface area (Å²) < 4.78 is 0. The molecule has 2 aromatic carbocycles. The molecular weight excluding hydrogens is 294 g/mol. The molecule has 5 heteroatoms. The summed E-state index contributed by atoms with van der Waals surface area (Å²) in [5.74, 6) is -2.01. The second-order valence-electron chi connectivity index (χ2n) is 5.07. The van der Waals surface area contributed by atoms with Gasteiger partial charge in [-0.2, -0.15) is 0 Å². The van der Waals surface area contributed by atoms with Crippen molar-refractivity contribution in [2.75, 3.05) is 0 Å². The molecule has 0 fully saturated rings. The van der Waals surface area contributed by atoms with E-state index >= 15 is 0 Å². The van der Waals surface area contributed by atoms with Crippen LogP contribution in [0.1, 0.15) is 33.2 Å². The number of carbonyl (C=O) groups excluding carboxylic acids is 3. The van der Waals surface area contributed by atoms with Gasteiger partial charge in [0.05, 0.1) is 11.1 Å². The second kappa shape index (κ2) is 5.88. The average molecular weight is 307 g/mol. The molecular formula is C18H13NO4. The molecule has 0 saturated heterocycles. The summed E-state index contributed by atoms with van der Waals surface area (Å²) >= 11 is 0. The van der Waals surface area contributed by atoms with Crippen LogP contribution in [-0.2, 0) is 9.63 Å². The van der Waals surface area contributed by atoms with Gasteiger partial charge in [-0.25, -0.2) is 4.79 Å². The smallest absolute Gasteiger partial charge is 0.325 e. The molecule has 0 N–H and O–H groups in total. The summed E-state index contributed by atoms with van der Waals surface area (Å²) in [6.07, 6.45) is 1.63. The molecule has 5 nitrogen and oxygen atoms in total. The maximum absolute atomic E-state index is 12.1. The van der Waals surface area contributed by atoms with E-state index in [9.17, 15) is 14.4 Å². The first kappa shape index (κ1) is 14.7. The highest BCUT2D eigenvalue weighted by Crippen LogP contribution is 2.23. The number of carbonyl (C=O) groups is 3. The lowest BCUT2D eigenvalue weighted by molar-refractivity contribution is -0.163. The topological polar surface area (TPSA) is 63.7 Å². The first-order chi connectivity index (χ1) is 11.1. The number of hydrogen-bond donors (Lipinski definition) is 0. The van der Waals surface area contributed by atoms with Crippen molar-refractivity contribution < 1.29 is 19.2 Å². The van der Waals surface area contributed by atoms with E-state index in [1.807, 2.05) is 30.3 Å². The van der Waals surface area contributed by atoms with Crippen LogP contribution in [0.3, 0.4) is 0 Å².